The minimum atomic E-state index is -0.115. The van der Waals surface area contributed by atoms with E-state index < -0.39 is 0 Å². The van der Waals surface area contributed by atoms with Gasteiger partial charge < -0.3 is 4.98 Å². The maximum atomic E-state index is 12.3. The van der Waals surface area contributed by atoms with Gasteiger partial charge in [0.05, 0.1) is 10.9 Å². The van der Waals surface area contributed by atoms with E-state index in [0.717, 1.165) is 22.3 Å². The molecule has 3 aromatic carbocycles. The monoisotopic (exact) mass is 380 g/mol. The number of aromatic amines is 2. The van der Waals surface area contributed by atoms with Gasteiger partial charge in [0.25, 0.3) is 5.56 Å². The molecule has 140 valence electrons. The first-order valence-corrected chi connectivity index (χ1v) is 9.18. The Morgan fingerprint density at radius 3 is 2.38 bits per heavy atom. The molecule has 0 radical (unpaired) electrons. The summed E-state index contributed by atoms with van der Waals surface area (Å²) >= 11 is 0. The molecule has 5 rings (SSSR count). The lowest BCUT2D eigenvalue weighted by Gasteiger charge is -2.08. The summed E-state index contributed by atoms with van der Waals surface area (Å²) in [5.41, 5.74) is 4.64. The van der Waals surface area contributed by atoms with Gasteiger partial charge in [-0.25, -0.2) is 4.98 Å². The Morgan fingerprint density at radius 2 is 1.59 bits per heavy atom. The van der Waals surface area contributed by atoms with Crippen LogP contribution in [0, 0.1) is 0 Å². The van der Waals surface area contributed by atoms with Crippen molar-refractivity contribution >= 4 is 10.9 Å². The molecule has 2 heterocycles. The van der Waals surface area contributed by atoms with Gasteiger partial charge in [0.1, 0.15) is 5.82 Å². The first kappa shape index (κ1) is 17.0. The summed E-state index contributed by atoms with van der Waals surface area (Å²) in [6.45, 7) is 0. The summed E-state index contributed by atoms with van der Waals surface area (Å²) in [6.07, 6.45) is 0.548. The van der Waals surface area contributed by atoms with Crippen LogP contribution >= 0.6 is 0 Å². The number of nitrogens with one attached hydrogen (secondary N) is 2. The van der Waals surface area contributed by atoms with Gasteiger partial charge in [0.15, 0.2) is 0 Å². The quantitative estimate of drug-likeness (QED) is 0.498. The van der Waals surface area contributed by atoms with E-state index in [1.807, 2.05) is 66.7 Å². The zero-order valence-electron chi connectivity index (χ0n) is 15.3. The first-order chi connectivity index (χ1) is 14.3. The zero-order chi connectivity index (χ0) is 19.6. The average molecular weight is 380 g/mol. The van der Waals surface area contributed by atoms with Crippen LogP contribution in [0.4, 0.5) is 0 Å². The zero-order valence-corrected chi connectivity index (χ0v) is 15.3. The topological polar surface area (TPSA) is 100 Å². The number of nitrogens with zero attached hydrogens (tertiary/aromatic N) is 4. The number of hydrogen-bond donors (Lipinski definition) is 2. The third-order valence-corrected chi connectivity index (χ3v) is 4.81. The predicted octanol–water partition coefficient (Wildman–Crippen LogP) is 3.36. The Balaban J connectivity index is 1.46. The van der Waals surface area contributed by atoms with Gasteiger partial charge in [0.2, 0.25) is 5.82 Å². The maximum absolute atomic E-state index is 12.3. The van der Waals surface area contributed by atoms with Crippen molar-refractivity contribution in [3.63, 3.8) is 0 Å². The van der Waals surface area contributed by atoms with Crippen LogP contribution in [0.1, 0.15) is 11.4 Å². The van der Waals surface area contributed by atoms with E-state index in [-0.39, 0.29) is 5.56 Å². The van der Waals surface area contributed by atoms with E-state index in [9.17, 15) is 4.79 Å². The Hall–Kier alpha value is -4.13. The van der Waals surface area contributed by atoms with Gasteiger partial charge in [-0.3, -0.25) is 4.79 Å². The van der Waals surface area contributed by atoms with E-state index >= 15 is 0 Å². The molecule has 0 saturated heterocycles. The van der Waals surface area contributed by atoms with E-state index in [1.165, 1.54) is 0 Å². The standard InChI is InChI=1S/C22H16N6O/c29-22-18-7-3-4-8-19(18)23-20(24-22)13-14-9-11-15(12-10-14)16-5-1-2-6-17(16)21-25-27-28-26-21/h1-12H,13H2,(H,23,24,29)(H,25,26,27,28). The Kier molecular flexibility index (Phi) is 4.18. The molecular formula is C22H16N6O. The molecule has 0 aliphatic rings. The summed E-state index contributed by atoms with van der Waals surface area (Å²) in [7, 11) is 0. The lowest BCUT2D eigenvalue weighted by Crippen LogP contribution is -2.12. The van der Waals surface area contributed by atoms with Gasteiger partial charge >= 0.3 is 0 Å². The van der Waals surface area contributed by atoms with Crippen molar-refractivity contribution < 1.29 is 0 Å². The summed E-state index contributed by atoms with van der Waals surface area (Å²) in [5, 5.41) is 14.9. The van der Waals surface area contributed by atoms with E-state index in [2.05, 4.69) is 30.6 Å². The van der Waals surface area contributed by atoms with Crippen LogP contribution in [0.15, 0.2) is 77.6 Å². The van der Waals surface area contributed by atoms with Crippen LogP contribution in [-0.4, -0.2) is 30.6 Å². The number of aromatic nitrogens is 6. The minimum absolute atomic E-state index is 0.115. The molecule has 2 aromatic heterocycles. The van der Waals surface area contributed by atoms with Crippen LogP contribution in [-0.2, 0) is 6.42 Å². The molecule has 0 fully saturated rings. The van der Waals surface area contributed by atoms with Crippen LogP contribution in [0.25, 0.3) is 33.4 Å². The van der Waals surface area contributed by atoms with Gasteiger partial charge in [-0.15, -0.1) is 10.2 Å². The third-order valence-electron chi connectivity index (χ3n) is 4.81. The number of hydrogen-bond acceptors (Lipinski definition) is 5. The normalized spacial score (nSPS) is 11.0. The Bertz CT molecular complexity index is 1340. The van der Waals surface area contributed by atoms with E-state index in [4.69, 9.17) is 0 Å². The number of benzene rings is 3. The minimum Gasteiger partial charge on any atom is -0.310 e. The van der Waals surface area contributed by atoms with E-state index in [0.29, 0.717) is 29.0 Å². The second kappa shape index (κ2) is 7.12. The van der Waals surface area contributed by atoms with Crippen molar-refractivity contribution in [2.24, 2.45) is 0 Å². The third kappa shape index (κ3) is 3.29. The molecule has 29 heavy (non-hydrogen) atoms. The second-order valence-corrected chi connectivity index (χ2v) is 6.68. The molecule has 2 N–H and O–H groups in total. The lowest BCUT2D eigenvalue weighted by molar-refractivity contribution is 0.881. The fourth-order valence-corrected chi connectivity index (χ4v) is 3.42. The van der Waals surface area contributed by atoms with Gasteiger partial charge in [-0.05, 0) is 34.0 Å². The van der Waals surface area contributed by atoms with Crippen molar-refractivity contribution in [1.82, 2.24) is 30.6 Å². The largest absolute Gasteiger partial charge is 0.310 e. The van der Waals surface area contributed by atoms with Crippen molar-refractivity contribution in [2.75, 3.05) is 0 Å². The fourth-order valence-electron chi connectivity index (χ4n) is 3.42. The molecule has 0 saturated carbocycles. The Morgan fingerprint density at radius 1 is 0.828 bits per heavy atom. The number of para-hydroxylation sites is 1. The SMILES string of the molecule is O=c1[nH]c(Cc2ccc(-c3ccccc3-c3nn[nH]n3)cc2)nc2ccccc12. The highest BCUT2D eigenvalue weighted by molar-refractivity contribution is 5.80. The molecule has 7 heteroatoms. The predicted molar refractivity (Wildman–Crippen MR) is 110 cm³/mol. The summed E-state index contributed by atoms with van der Waals surface area (Å²) in [6, 6.07) is 23.5. The fraction of sp³-hybridized carbons (Fsp3) is 0.0455. The van der Waals surface area contributed by atoms with Gasteiger partial charge in [0, 0.05) is 12.0 Å². The Labute approximate surface area is 165 Å². The van der Waals surface area contributed by atoms with Crippen molar-refractivity contribution in [2.45, 2.75) is 6.42 Å². The highest BCUT2D eigenvalue weighted by Crippen LogP contribution is 2.29. The molecule has 0 aliphatic heterocycles. The maximum Gasteiger partial charge on any atom is 0.258 e. The summed E-state index contributed by atoms with van der Waals surface area (Å²) in [5.74, 6) is 1.20. The molecule has 7 nitrogen and oxygen atoms in total. The number of rotatable bonds is 4. The molecule has 0 unspecified atom stereocenters. The average Bonchev–Trinajstić information content (AvgIpc) is 3.29. The molecule has 0 amide bonds. The number of H-pyrrole nitrogens is 2. The smallest absolute Gasteiger partial charge is 0.258 e. The number of tetrazole rings is 1. The van der Waals surface area contributed by atoms with Gasteiger partial charge in [-0.2, -0.15) is 5.21 Å². The van der Waals surface area contributed by atoms with Gasteiger partial charge in [-0.1, -0.05) is 60.7 Å². The van der Waals surface area contributed by atoms with E-state index in [1.54, 1.807) is 6.07 Å². The van der Waals surface area contributed by atoms with Crippen LogP contribution in [0.5, 0.6) is 0 Å². The summed E-state index contributed by atoms with van der Waals surface area (Å²) < 4.78 is 0. The molecule has 5 aromatic rings. The molecule has 0 atom stereocenters. The molecule has 0 bridgehead atoms. The molecular weight excluding hydrogens is 364 g/mol. The van der Waals surface area contributed by atoms with Crippen LogP contribution < -0.4 is 5.56 Å². The van der Waals surface area contributed by atoms with Crippen molar-refractivity contribution in [3.05, 3.63) is 94.5 Å². The first-order valence-electron chi connectivity index (χ1n) is 9.18. The lowest BCUT2D eigenvalue weighted by atomic mass is 9.98. The van der Waals surface area contributed by atoms with Crippen molar-refractivity contribution in [1.29, 1.82) is 0 Å². The van der Waals surface area contributed by atoms with Crippen LogP contribution in [0.2, 0.25) is 0 Å². The number of fused-ring (bicyclic) bond motifs is 1. The highest BCUT2D eigenvalue weighted by Gasteiger charge is 2.11. The molecule has 0 spiro atoms. The van der Waals surface area contributed by atoms with Crippen molar-refractivity contribution in [3.8, 4) is 22.5 Å². The second-order valence-electron chi connectivity index (χ2n) is 6.68. The highest BCUT2D eigenvalue weighted by atomic mass is 16.1. The van der Waals surface area contributed by atoms with Crippen LogP contribution in [0.3, 0.4) is 0 Å². The summed E-state index contributed by atoms with van der Waals surface area (Å²) in [4.78, 5) is 19.7. The molecule has 0 aliphatic carbocycles.